The zero-order chi connectivity index (χ0) is 11.6. The molecule has 0 atom stereocenters. The first-order chi connectivity index (χ1) is 6.91. The van der Waals surface area contributed by atoms with Crippen molar-refractivity contribution < 1.29 is 18.0 Å². The number of carbonyl (C=O) groups is 1. The van der Waals surface area contributed by atoms with Crippen LogP contribution in [0.5, 0.6) is 0 Å². The van der Waals surface area contributed by atoms with E-state index in [4.69, 9.17) is 0 Å². The lowest BCUT2D eigenvalue weighted by Crippen LogP contribution is -2.27. The van der Waals surface area contributed by atoms with Crippen LogP contribution in [0.4, 0.5) is 23.7 Å². The van der Waals surface area contributed by atoms with Crippen molar-refractivity contribution in [1.82, 2.24) is 4.90 Å². The van der Waals surface area contributed by atoms with E-state index >= 15 is 0 Å². The van der Waals surface area contributed by atoms with Crippen molar-refractivity contribution >= 4 is 11.7 Å². The van der Waals surface area contributed by atoms with Crippen molar-refractivity contribution in [2.24, 2.45) is 0 Å². The van der Waals surface area contributed by atoms with Gasteiger partial charge in [0.1, 0.15) is 5.82 Å². The first-order valence-corrected chi connectivity index (χ1v) is 4.04. The largest absolute Gasteiger partial charge is 0.331 e. The Morgan fingerprint density at radius 1 is 1.13 bits per heavy atom. The maximum atomic E-state index is 13.0. The van der Waals surface area contributed by atoms with E-state index in [9.17, 15) is 18.0 Å². The van der Waals surface area contributed by atoms with Gasteiger partial charge in [-0.05, 0) is 0 Å². The molecular weight excluding hydrogens is 209 g/mol. The number of amides is 2. The van der Waals surface area contributed by atoms with Crippen molar-refractivity contribution in [1.29, 1.82) is 0 Å². The summed E-state index contributed by atoms with van der Waals surface area (Å²) in [5, 5.41) is 2.08. The number of carbonyl (C=O) groups excluding carboxylic acids is 1. The van der Waals surface area contributed by atoms with Crippen LogP contribution in [0, 0.1) is 17.5 Å². The van der Waals surface area contributed by atoms with Gasteiger partial charge in [-0.2, -0.15) is 0 Å². The third kappa shape index (κ3) is 2.61. The van der Waals surface area contributed by atoms with E-state index < -0.39 is 29.2 Å². The molecule has 0 unspecified atom stereocenters. The van der Waals surface area contributed by atoms with Crippen molar-refractivity contribution in [3.63, 3.8) is 0 Å². The average Bonchev–Trinajstić information content (AvgIpc) is 2.13. The molecule has 15 heavy (non-hydrogen) atoms. The minimum absolute atomic E-state index is 0.376. The van der Waals surface area contributed by atoms with Crippen LogP contribution in [0.3, 0.4) is 0 Å². The van der Waals surface area contributed by atoms with Crippen LogP contribution >= 0.6 is 0 Å². The molecule has 82 valence electrons. The van der Waals surface area contributed by atoms with Gasteiger partial charge in [-0.15, -0.1) is 0 Å². The number of anilines is 1. The highest BCUT2D eigenvalue weighted by atomic mass is 19.2. The Morgan fingerprint density at radius 3 is 2.20 bits per heavy atom. The molecule has 2 amide bonds. The van der Waals surface area contributed by atoms with Gasteiger partial charge in [-0.25, -0.2) is 18.0 Å². The predicted molar refractivity (Wildman–Crippen MR) is 49.0 cm³/mol. The summed E-state index contributed by atoms with van der Waals surface area (Å²) < 4.78 is 38.2. The molecule has 0 radical (unpaired) electrons. The molecule has 1 aromatic carbocycles. The second-order valence-corrected chi connectivity index (χ2v) is 3.07. The second kappa shape index (κ2) is 4.20. The van der Waals surface area contributed by atoms with E-state index in [1.54, 1.807) is 0 Å². The molecule has 0 aromatic heterocycles. The van der Waals surface area contributed by atoms with Gasteiger partial charge in [0.2, 0.25) is 0 Å². The number of rotatable bonds is 1. The second-order valence-electron chi connectivity index (χ2n) is 3.07. The van der Waals surface area contributed by atoms with E-state index in [0.717, 1.165) is 4.90 Å². The third-order valence-corrected chi connectivity index (χ3v) is 1.66. The Kier molecular flexibility index (Phi) is 3.18. The molecule has 1 rings (SSSR count). The quantitative estimate of drug-likeness (QED) is 0.720. The molecule has 0 aliphatic heterocycles. The van der Waals surface area contributed by atoms with Gasteiger partial charge in [0.15, 0.2) is 11.6 Å². The Hall–Kier alpha value is -1.72. The molecule has 0 saturated heterocycles. The summed E-state index contributed by atoms with van der Waals surface area (Å²) in [5.74, 6) is -3.54. The number of nitrogens with one attached hydrogen (secondary N) is 1. The number of hydrogen-bond acceptors (Lipinski definition) is 1. The molecule has 1 N–H and O–H groups in total. The molecule has 0 spiro atoms. The van der Waals surface area contributed by atoms with E-state index in [2.05, 4.69) is 5.32 Å². The summed E-state index contributed by atoms with van der Waals surface area (Å²) in [6.45, 7) is 0. The Labute approximate surface area is 84.5 Å². The van der Waals surface area contributed by atoms with Gasteiger partial charge >= 0.3 is 6.03 Å². The van der Waals surface area contributed by atoms with E-state index in [1.807, 2.05) is 0 Å². The lowest BCUT2D eigenvalue weighted by molar-refractivity contribution is 0.230. The minimum Gasteiger partial charge on any atom is -0.331 e. The number of nitrogens with zero attached hydrogens (tertiary/aromatic N) is 1. The van der Waals surface area contributed by atoms with Crippen LogP contribution in [0.15, 0.2) is 12.1 Å². The highest BCUT2D eigenvalue weighted by Gasteiger charge is 2.12. The van der Waals surface area contributed by atoms with Gasteiger partial charge in [0.25, 0.3) is 0 Å². The molecule has 0 heterocycles. The summed E-state index contributed by atoms with van der Waals surface area (Å²) in [5.41, 5.74) is -0.396. The topological polar surface area (TPSA) is 32.3 Å². The van der Waals surface area contributed by atoms with Crippen LogP contribution in [-0.4, -0.2) is 25.0 Å². The van der Waals surface area contributed by atoms with Gasteiger partial charge in [-0.1, -0.05) is 0 Å². The maximum absolute atomic E-state index is 13.0. The highest BCUT2D eigenvalue weighted by Crippen LogP contribution is 2.18. The first kappa shape index (κ1) is 11.4. The lowest BCUT2D eigenvalue weighted by atomic mass is 10.3. The molecule has 1 aromatic rings. The summed E-state index contributed by atoms with van der Waals surface area (Å²) in [6, 6.07) is 0.340. The number of benzene rings is 1. The molecule has 3 nitrogen and oxygen atoms in total. The molecule has 0 aliphatic carbocycles. The summed E-state index contributed by atoms with van der Waals surface area (Å²) in [6.07, 6.45) is 0. The standard InChI is InChI=1S/C9H9F3N2O/c1-14(2)9(15)13-8-4-6(11)5(10)3-7(8)12/h3-4H,1-2H3,(H,13,15). The van der Waals surface area contributed by atoms with Gasteiger partial charge in [-0.3, -0.25) is 0 Å². The van der Waals surface area contributed by atoms with Gasteiger partial charge in [0, 0.05) is 26.2 Å². The van der Waals surface area contributed by atoms with Crippen LogP contribution in [-0.2, 0) is 0 Å². The van der Waals surface area contributed by atoms with Crippen molar-refractivity contribution in [3.05, 3.63) is 29.6 Å². The van der Waals surface area contributed by atoms with Crippen LogP contribution in [0.25, 0.3) is 0 Å². The summed E-state index contributed by atoms with van der Waals surface area (Å²) in [4.78, 5) is 12.2. The predicted octanol–water partition coefficient (Wildman–Crippen LogP) is 2.20. The number of hydrogen-bond donors (Lipinski definition) is 1. The van der Waals surface area contributed by atoms with Crippen LogP contribution in [0.2, 0.25) is 0 Å². The summed E-state index contributed by atoms with van der Waals surface area (Å²) in [7, 11) is 2.88. The van der Waals surface area contributed by atoms with E-state index in [1.165, 1.54) is 14.1 Å². The third-order valence-electron chi connectivity index (χ3n) is 1.66. The van der Waals surface area contributed by atoms with Crippen LogP contribution in [0.1, 0.15) is 0 Å². The van der Waals surface area contributed by atoms with Crippen LogP contribution < -0.4 is 5.32 Å². The Balaban J connectivity index is 2.96. The first-order valence-electron chi connectivity index (χ1n) is 4.04. The lowest BCUT2D eigenvalue weighted by Gasteiger charge is -2.12. The SMILES string of the molecule is CN(C)C(=O)Nc1cc(F)c(F)cc1F. The van der Waals surface area contributed by atoms with Gasteiger partial charge in [0.05, 0.1) is 5.69 Å². The number of halogens is 3. The molecular formula is C9H9F3N2O. The molecule has 0 aliphatic rings. The zero-order valence-electron chi connectivity index (χ0n) is 8.14. The van der Waals surface area contributed by atoms with Gasteiger partial charge < -0.3 is 10.2 Å². The van der Waals surface area contributed by atoms with E-state index in [-0.39, 0.29) is 0 Å². The Bertz CT molecular complexity index is 393. The fraction of sp³-hybridized carbons (Fsp3) is 0.222. The fourth-order valence-electron chi connectivity index (χ4n) is 0.845. The van der Waals surface area contributed by atoms with E-state index in [0.29, 0.717) is 12.1 Å². The smallest absolute Gasteiger partial charge is 0.321 e. The Morgan fingerprint density at radius 2 is 1.67 bits per heavy atom. The van der Waals surface area contributed by atoms with Crippen molar-refractivity contribution in [3.8, 4) is 0 Å². The molecule has 0 fully saturated rings. The normalized spacial score (nSPS) is 9.93. The van der Waals surface area contributed by atoms with Crippen molar-refractivity contribution in [2.45, 2.75) is 0 Å². The summed E-state index contributed by atoms with van der Waals surface area (Å²) >= 11 is 0. The molecule has 6 heteroatoms. The highest BCUT2D eigenvalue weighted by molar-refractivity contribution is 5.89. The minimum atomic E-state index is -1.30. The van der Waals surface area contributed by atoms with Crippen molar-refractivity contribution in [2.75, 3.05) is 19.4 Å². The molecule has 0 bridgehead atoms. The zero-order valence-corrected chi connectivity index (χ0v) is 8.14. The fourth-order valence-corrected chi connectivity index (χ4v) is 0.845. The maximum Gasteiger partial charge on any atom is 0.321 e. The molecule has 0 saturated carbocycles. The average molecular weight is 218 g/mol. The monoisotopic (exact) mass is 218 g/mol. The number of urea groups is 1.